The number of benzene rings is 3. The van der Waals surface area contributed by atoms with E-state index in [4.69, 9.17) is 9.15 Å². The Kier molecular flexibility index (Phi) is 4.35. The van der Waals surface area contributed by atoms with Gasteiger partial charge in [-0.15, -0.1) is 0 Å². The van der Waals surface area contributed by atoms with Gasteiger partial charge in [0.05, 0.1) is 12.1 Å². The van der Waals surface area contributed by atoms with Gasteiger partial charge in [0.25, 0.3) is 0 Å². The summed E-state index contributed by atoms with van der Waals surface area (Å²) < 4.78 is 11.8. The predicted molar refractivity (Wildman–Crippen MR) is 120 cm³/mol. The third kappa shape index (κ3) is 3.05. The summed E-state index contributed by atoms with van der Waals surface area (Å²) in [5.41, 5.74) is 7.88. The normalized spacial score (nSPS) is 13.2. The molecule has 1 aromatic heterocycles. The second-order valence-corrected chi connectivity index (χ2v) is 7.98. The average molecular weight is 397 g/mol. The molecule has 4 nitrogen and oxygen atoms in total. The maximum absolute atomic E-state index is 12.4. The number of hydrogen-bond donors (Lipinski definition) is 0. The molecule has 4 heteroatoms. The van der Waals surface area contributed by atoms with Gasteiger partial charge in [-0.3, -0.25) is 0 Å². The molecule has 0 atom stereocenters. The van der Waals surface area contributed by atoms with Crippen LogP contribution < -0.4 is 15.3 Å². The van der Waals surface area contributed by atoms with Gasteiger partial charge in [-0.2, -0.15) is 0 Å². The number of rotatable bonds is 2. The van der Waals surface area contributed by atoms with E-state index in [1.807, 2.05) is 42.5 Å². The van der Waals surface area contributed by atoms with Crippen molar-refractivity contribution in [2.45, 2.75) is 27.3 Å². The van der Waals surface area contributed by atoms with Gasteiger partial charge in [-0.1, -0.05) is 48.0 Å². The van der Waals surface area contributed by atoms with E-state index in [0.717, 1.165) is 27.8 Å². The third-order valence-corrected chi connectivity index (χ3v) is 5.73. The van der Waals surface area contributed by atoms with Gasteiger partial charge in [0.2, 0.25) is 0 Å². The highest BCUT2D eigenvalue weighted by atomic mass is 16.5. The molecule has 0 radical (unpaired) electrons. The summed E-state index contributed by atoms with van der Waals surface area (Å²) in [5, 5.41) is 0.919. The monoisotopic (exact) mass is 397 g/mol. The lowest BCUT2D eigenvalue weighted by Crippen LogP contribution is -2.33. The van der Waals surface area contributed by atoms with Crippen molar-refractivity contribution in [1.29, 1.82) is 0 Å². The zero-order chi connectivity index (χ0) is 20.8. The average Bonchev–Trinajstić information content (AvgIpc) is 2.73. The van der Waals surface area contributed by atoms with E-state index in [1.165, 1.54) is 22.4 Å². The molecule has 2 heterocycles. The van der Waals surface area contributed by atoms with Crippen molar-refractivity contribution in [2.24, 2.45) is 0 Å². The molecule has 150 valence electrons. The molecule has 0 bridgehead atoms. The van der Waals surface area contributed by atoms with E-state index < -0.39 is 0 Å². The van der Waals surface area contributed by atoms with Crippen molar-refractivity contribution in [3.05, 3.63) is 93.3 Å². The van der Waals surface area contributed by atoms with Crippen LogP contribution in [-0.2, 0) is 6.54 Å². The Morgan fingerprint density at radius 1 is 0.900 bits per heavy atom. The summed E-state index contributed by atoms with van der Waals surface area (Å²) in [7, 11) is 0. The van der Waals surface area contributed by atoms with Gasteiger partial charge < -0.3 is 14.1 Å². The first-order chi connectivity index (χ1) is 14.5. The number of anilines is 1. The highest BCUT2D eigenvalue weighted by molar-refractivity contribution is 5.96. The van der Waals surface area contributed by atoms with Crippen molar-refractivity contribution in [1.82, 2.24) is 0 Å². The van der Waals surface area contributed by atoms with Crippen molar-refractivity contribution in [3.63, 3.8) is 0 Å². The molecule has 0 saturated heterocycles. The second-order valence-electron chi connectivity index (χ2n) is 7.98. The van der Waals surface area contributed by atoms with Crippen LogP contribution in [0.4, 0.5) is 5.69 Å². The van der Waals surface area contributed by atoms with Crippen LogP contribution in [0.25, 0.3) is 22.1 Å². The Bertz CT molecular complexity index is 1300. The molecule has 3 aromatic carbocycles. The van der Waals surface area contributed by atoms with Crippen molar-refractivity contribution >= 4 is 16.7 Å². The van der Waals surface area contributed by atoms with E-state index in [1.54, 1.807) is 6.07 Å². The minimum absolute atomic E-state index is 0.352. The van der Waals surface area contributed by atoms with Crippen LogP contribution >= 0.6 is 0 Å². The standard InChI is InChI=1S/C26H23NO3/c1-16-11-17(2)25(18(3)12-16)27-14-22-23(29-15-27)10-9-20-21(13-24(28)30-26(20)22)19-7-5-4-6-8-19/h4-13H,14-15H2,1-3H3. The fourth-order valence-electron chi connectivity index (χ4n) is 4.60. The summed E-state index contributed by atoms with van der Waals surface area (Å²) in [4.78, 5) is 14.6. The first-order valence-electron chi connectivity index (χ1n) is 10.1. The maximum Gasteiger partial charge on any atom is 0.336 e. The molecular formula is C26H23NO3. The summed E-state index contributed by atoms with van der Waals surface area (Å²) >= 11 is 0. The summed E-state index contributed by atoms with van der Waals surface area (Å²) in [6, 6.07) is 19.8. The van der Waals surface area contributed by atoms with Crippen LogP contribution in [0.15, 0.2) is 69.9 Å². The molecule has 4 aromatic rings. The van der Waals surface area contributed by atoms with Crippen LogP contribution in [0.5, 0.6) is 5.75 Å². The Balaban J connectivity index is 1.67. The van der Waals surface area contributed by atoms with Gasteiger partial charge in [-0.25, -0.2) is 4.79 Å². The summed E-state index contributed by atoms with van der Waals surface area (Å²) in [6.45, 7) is 7.45. The van der Waals surface area contributed by atoms with Gasteiger partial charge in [0, 0.05) is 17.1 Å². The van der Waals surface area contributed by atoms with Crippen molar-refractivity contribution < 1.29 is 9.15 Å². The van der Waals surface area contributed by atoms with Crippen LogP contribution in [0.3, 0.4) is 0 Å². The Hall–Kier alpha value is -3.53. The molecule has 1 aliphatic rings. The second kappa shape index (κ2) is 7.06. The smallest absolute Gasteiger partial charge is 0.336 e. The minimum atomic E-state index is -0.352. The first-order valence-corrected chi connectivity index (χ1v) is 10.1. The summed E-state index contributed by atoms with van der Waals surface area (Å²) in [6.07, 6.45) is 0. The first kappa shape index (κ1) is 18.5. The van der Waals surface area contributed by atoms with Gasteiger partial charge in [0.1, 0.15) is 11.3 Å². The Morgan fingerprint density at radius 2 is 1.63 bits per heavy atom. The van der Waals surface area contributed by atoms with E-state index >= 15 is 0 Å². The number of hydrogen-bond acceptors (Lipinski definition) is 4. The molecule has 0 saturated carbocycles. The number of aryl methyl sites for hydroxylation is 3. The zero-order valence-electron chi connectivity index (χ0n) is 17.4. The maximum atomic E-state index is 12.4. The topological polar surface area (TPSA) is 42.7 Å². The molecular weight excluding hydrogens is 374 g/mol. The third-order valence-electron chi connectivity index (χ3n) is 5.73. The van der Waals surface area contributed by atoms with Crippen molar-refractivity contribution in [3.8, 4) is 16.9 Å². The van der Waals surface area contributed by atoms with E-state index in [-0.39, 0.29) is 5.63 Å². The van der Waals surface area contributed by atoms with Gasteiger partial charge >= 0.3 is 5.63 Å². The molecule has 0 unspecified atom stereocenters. The fourth-order valence-corrected chi connectivity index (χ4v) is 4.60. The van der Waals surface area contributed by atoms with E-state index in [9.17, 15) is 4.79 Å². The fraction of sp³-hybridized carbons (Fsp3) is 0.192. The minimum Gasteiger partial charge on any atom is -0.473 e. The lowest BCUT2D eigenvalue weighted by Gasteiger charge is -2.33. The van der Waals surface area contributed by atoms with Crippen LogP contribution in [0, 0.1) is 20.8 Å². The highest BCUT2D eigenvalue weighted by Crippen LogP contribution is 2.38. The van der Waals surface area contributed by atoms with Crippen LogP contribution in [0.1, 0.15) is 22.3 Å². The Labute approximate surface area is 175 Å². The number of ether oxygens (including phenoxy) is 1. The van der Waals surface area contributed by atoms with Gasteiger partial charge in [-0.05, 0) is 55.2 Å². The SMILES string of the molecule is Cc1cc(C)c(N2COc3ccc4c(-c5ccccc5)cc(=O)oc4c3C2)c(C)c1. The molecule has 1 aliphatic heterocycles. The molecule has 0 N–H and O–H groups in total. The van der Waals surface area contributed by atoms with E-state index in [2.05, 4.69) is 37.8 Å². The zero-order valence-corrected chi connectivity index (χ0v) is 17.4. The quantitative estimate of drug-likeness (QED) is 0.405. The molecule has 30 heavy (non-hydrogen) atoms. The number of fused-ring (bicyclic) bond motifs is 3. The lowest BCUT2D eigenvalue weighted by atomic mass is 9.98. The molecule has 0 aliphatic carbocycles. The van der Waals surface area contributed by atoms with Crippen molar-refractivity contribution in [2.75, 3.05) is 11.6 Å². The molecule has 0 spiro atoms. The van der Waals surface area contributed by atoms with Gasteiger partial charge in [0.15, 0.2) is 6.73 Å². The van der Waals surface area contributed by atoms with E-state index in [0.29, 0.717) is 18.9 Å². The van der Waals surface area contributed by atoms with Crippen LogP contribution in [0.2, 0.25) is 0 Å². The molecule has 0 amide bonds. The molecule has 0 fully saturated rings. The highest BCUT2D eigenvalue weighted by Gasteiger charge is 2.24. The lowest BCUT2D eigenvalue weighted by molar-refractivity contribution is 0.288. The Morgan fingerprint density at radius 3 is 2.37 bits per heavy atom. The van der Waals surface area contributed by atoms with Crippen LogP contribution in [-0.4, -0.2) is 6.73 Å². The number of nitrogens with zero attached hydrogens (tertiary/aromatic N) is 1. The predicted octanol–water partition coefficient (Wildman–Crippen LogP) is 5.74. The largest absolute Gasteiger partial charge is 0.473 e. The summed E-state index contributed by atoms with van der Waals surface area (Å²) in [5.74, 6) is 0.773. The molecule has 5 rings (SSSR count).